The molecule has 2 saturated heterocycles. The Morgan fingerprint density at radius 1 is 1.00 bits per heavy atom. The van der Waals surface area contributed by atoms with Crippen LogP contribution in [0, 0.1) is 0 Å². The first kappa shape index (κ1) is 31.4. The molecule has 0 aliphatic carbocycles. The number of fused-ring (bicyclic) bond motifs is 4. The van der Waals surface area contributed by atoms with Gasteiger partial charge in [0.1, 0.15) is 42.6 Å². The highest BCUT2D eigenvalue weighted by Gasteiger charge is 2.44. The Hall–Kier alpha value is -3.24. The zero-order chi connectivity index (χ0) is 32.4. The van der Waals surface area contributed by atoms with E-state index in [9.17, 15) is 29.1 Å². The van der Waals surface area contributed by atoms with Crippen LogP contribution in [0.2, 0.25) is 0 Å². The van der Waals surface area contributed by atoms with E-state index in [1.54, 1.807) is 15.2 Å². The van der Waals surface area contributed by atoms with E-state index in [2.05, 4.69) is 41.7 Å². The van der Waals surface area contributed by atoms with Gasteiger partial charge in [-0.25, -0.2) is 29.5 Å². The Morgan fingerprint density at radius 3 is 2.52 bits per heavy atom. The molecular formula is C22H26N10O11P2S. The fourth-order valence-corrected chi connectivity index (χ4v) is 6.96. The summed E-state index contributed by atoms with van der Waals surface area (Å²) in [6.07, 6.45) is 1.04. The molecule has 5 aromatic heterocycles. The van der Waals surface area contributed by atoms with E-state index in [1.807, 2.05) is 0 Å². The molecule has 1 unspecified atom stereocenters. The summed E-state index contributed by atoms with van der Waals surface area (Å²) in [5.74, 6) is 0.419. The maximum atomic E-state index is 13.1. The molecular weight excluding hydrogens is 674 g/mol. The summed E-state index contributed by atoms with van der Waals surface area (Å²) in [6.45, 7) is -5.15. The Morgan fingerprint density at radius 2 is 1.72 bits per heavy atom. The number of nitrogens with zero attached hydrogens (tertiary/aromatic N) is 8. The molecule has 0 saturated carbocycles. The lowest BCUT2D eigenvalue weighted by molar-refractivity contribution is -0.0540. The number of hydrogen-bond acceptors (Lipinski definition) is 15. The monoisotopic (exact) mass is 700 g/mol. The number of aliphatic hydroxyl groups excluding tert-OH is 1. The van der Waals surface area contributed by atoms with E-state index in [1.165, 1.54) is 29.7 Å². The van der Waals surface area contributed by atoms with Gasteiger partial charge >= 0.3 is 14.5 Å². The molecule has 2 aliphatic heterocycles. The van der Waals surface area contributed by atoms with Crippen molar-refractivity contribution in [1.82, 2.24) is 43.4 Å². The fourth-order valence-electron chi connectivity index (χ4n) is 5.48. The number of ether oxygens (including phenoxy) is 2. The summed E-state index contributed by atoms with van der Waals surface area (Å²) in [7, 11) is -4.85. The molecule has 2 fully saturated rings. The molecule has 21 nitrogen and oxygen atoms in total. The van der Waals surface area contributed by atoms with Crippen LogP contribution in [-0.4, -0.2) is 101 Å². The van der Waals surface area contributed by atoms with Gasteiger partial charge in [0, 0.05) is 25.2 Å². The lowest BCUT2D eigenvalue weighted by atomic mass is 10.2. The Labute approximate surface area is 261 Å². The molecule has 0 radical (unpaired) electrons. The third-order valence-electron chi connectivity index (χ3n) is 7.55. The summed E-state index contributed by atoms with van der Waals surface area (Å²) < 4.78 is 45.3. The minimum Gasteiger partial charge on any atom is -0.390 e. The molecule has 7 atom stereocenters. The molecule has 7 N–H and O–H groups in total. The minimum atomic E-state index is -4.85. The van der Waals surface area contributed by atoms with E-state index >= 15 is 0 Å². The number of imidazole rings is 3. The second-order valence-corrected chi connectivity index (χ2v) is 14.5. The zero-order valence-electron chi connectivity index (χ0n) is 23.3. The van der Waals surface area contributed by atoms with E-state index < -0.39 is 70.2 Å². The molecule has 7 rings (SSSR count). The SMILES string of the molecule is Nc1ncnc2c1ncn2[C@H]1C[C@H](OP(=O)(O)OC[C@H]2O[C@@H](n3cnc4c(=O)[nH]c5nccn5c43)C[C@@H]2O)[C@@H](COP(O)(O)=S)O1. The van der Waals surface area contributed by atoms with Gasteiger partial charge in [-0.2, -0.15) is 0 Å². The van der Waals surface area contributed by atoms with Gasteiger partial charge in [0.2, 0.25) is 5.78 Å². The Kier molecular flexibility index (Phi) is 8.03. The first-order valence-corrected chi connectivity index (χ1v) is 17.7. The van der Waals surface area contributed by atoms with Crippen molar-refractivity contribution in [2.45, 2.75) is 49.7 Å². The van der Waals surface area contributed by atoms with Crippen LogP contribution in [0.3, 0.4) is 0 Å². The molecule has 24 heteroatoms. The standard InChI is InChI=1S/C22H26N10O11P2S/c23-18-16-19(26-7-25-18)31(8-27-16)15-4-11(13(42-15)6-40-45(37,38)46)43-44(35,36)39-5-12-10(33)3-14(41-12)32-9-28-17-20(34)29-22-24-1-2-30(22)21(17)32/h1-2,7-15,33H,3-6H2,(H,35,36)(H2,23,25,26)(H,24,29,34)(H2,37,38,46)/t10-,11-,12+,13+,14+,15+/m0/s1. The Balaban J connectivity index is 1.05. The van der Waals surface area contributed by atoms with E-state index in [0.717, 1.165) is 0 Å². The van der Waals surface area contributed by atoms with E-state index in [0.29, 0.717) is 16.8 Å². The van der Waals surface area contributed by atoms with E-state index in [4.69, 9.17) is 28.8 Å². The molecule has 0 bridgehead atoms. The lowest BCUT2D eigenvalue weighted by Crippen LogP contribution is -2.29. The van der Waals surface area contributed by atoms with Crippen molar-refractivity contribution in [3.05, 3.63) is 41.7 Å². The van der Waals surface area contributed by atoms with Crippen LogP contribution in [0.25, 0.3) is 28.1 Å². The van der Waals surface area contributed by atoms with E-state index in [-0.39, 0.29) is 30.0 Å². The topological polar surface area (TPSA) is 282 Å². The minimum absolute atomic E-state index is 0.0444. The third-order valence-corrected chi connectivity index (χ3v) is 9.36. The van der Waals surface area contributed by atoms with Crippen molar-refractivity contribution < 1.29 is 47.4 Å². The quantitative estimate of drug-likeness (QED) is 0.0997. The van der Waals surface area contributed by atoms with Crippen LogP contribution in [0.4, 0.5) is 5.82 Å². The van der Waals surface area contributed by atoms with Gasteiger partial charge in [-0.05, 0) is 11.8 Å². The number of rotatable bonds is 10. The summed E-state index contributed by atoms with van der Waals surface area (Å²) in [6, 6.07) is 0. The van der Waals surface area contributed by atoms with Gasteiger partial charge in [0.05, 0.1) is 32.0 Å². The van der Waals surface area contributed by atoms with Gasteiger partial charge in [0.15, 0.2) is 22.6 Å². The molecule has 2 aliphatic rings. The average molecular weight is 701 g/mol. The number of aromatic amines is 1. The number of phosphoric ester groups is 1. The van der Waals surface area contributed by atoms with Crippen molar-refractivity contribution in [2.75, 3.05) is 18.9 Å². The van der Waals surface area contributed by atoms with Gasteiger partial charge in [-0.3, -0.25) is 32.4 Å². The van der Waals surface area contributed by atoms with Crippen molar-refractivity contribution in [3.8, 4) is 0 Å². The van der Waals surface area contributed by atoms with Crippen LogP contribution >= 0.6 is 14.5 Å². The number of aliphatic hydroxyl groups is 1. The number of H-pyrrole nitrogens is 1. The lowest BCUT2D eigenvalue weighted by Gasteiger charge is -2.23. The molecule has 5 aromatic rings. The van der Waals surface area contributed by atoms with Crippen molar-refractivity contribution >= 4 is 60.3 Å². The largest absolute Gasteiger partial charge is 0.472 e. The predicted octanol–water partition coefficient (Wildman–Crippen LogP) is -0.542. The normalized spacial score (nSPS) is 26.9. The second kappa shape index (κ2) is 11.8. The summed E-state index contributed by atoms with van der Waals surface area (Å²) in [5.41, 5.74) is 6.55. The summed E-state index contributed by atoms with van der Waals surface area (Å²) in [5, 5.41) is 10.7. The molecule has 0 spiro atoms. The first-order chi connectivity index (χ1) is 21.9. The zero-order valence-corrected chi connectivity index (χ0v) is 25.9. The van der Waals surface area contributed by atoms with Gasteiger partial charge < -0.3 is 39.5 Å². The highest BCUT2D eigenvalue weighted by atomic mass is 32.5. The number of phosphoric acid groups is 1. The summed E-state index contributed by atoms with van der Waals surface area (Å²) in [4.78, 5) is 65.4. The first-order valence-electron chi connectivity index (χ1n) is 13.6. The highest BCUT2D eigenvalue weighted by Crippen LogP contribution is 2.50. The van der Waals surface area contributed by atoms with Crippen LogP contribution in [0.1, 0.15) is 25.3 Å². The fraction of sp³-hybridized carbons (Fsp3) is 0.455. The van der Waals surface area contributed by atoms with Crippen LogP contribution in [0.15, 0.2) is 36.2 Å². The van der Waals surface area contributed by atoms with Crippen LogP contribution in [0.5, 0.6) is 0 Å². The number of nitrogen functional groups attached to an aromatic ring is 1. The summed E-state index contributed by atoms with van der Waals surface area (Å²) >= 11 is 4.52. The average Bonchev–Trinajstić information content (AvgIpc) is 3.80. The van der Waals surface area contributed by atoms with Gasteiger partial charge in [0.25, 0.3) is 5.56 Å². The molecule has 0 aromatic carbocycles. The van der Waals surface area contributed by atoms with Crippen molar-refractivity contribution in [1.29, 1.82) is 0 Å². The Bertz CT molecular complexity index is 2080. The third kappa shape index (κ3) is 5.99. The second-order valence-electron chi connectivity index (χ2n) is 10.5. The smallest absolute Gasteiger partial charge is 0.390 e. The number of nitrogens with two attached hydrogens (primary N) is 1. The number of hydrogen-bond donors (Lipinski definition) is 6. The van der Waals surface area contributed by atoms with Crippen LogP contribution < -0.4 is 11.3 Å². The van der Waals surface area contributed by atoms with Crippen molar-refractivity contribution in [2.24, 2.45) is 0 Å². The molecule has 46 heavy (non-hydrogen) atoms. The van der Waals surface area contributed by atoms with Gasteiger partial charge in [-0.15, -0.1) is 0 Å². The maximum absolute atomic E-state index is 13.1. The number of nitrogens with one attached hydrogen (secondary N) is 1. The maximum Gasteiger partial charge on any atom is 0.472 e. The highest BCUT2D eigenvalue weighted by molar-refractivity contribution is 8.06. The molecule has 7 heterocycles. The predicted molar refractivity (Wildman–Crippen MR) is 157 cm³/mol. The number of anilines is 1. The van der Waals surface area contributed by atoms with Crippen LogP contribution in [-0.2, 0) is 39.4 Å². The number of aromatic nitrogens is 9. The van der Waals surface area contributed by atoms with Gasteiger partial charge in [-0.1, -0.05) is 0 Å². The van der Waals surface area contributed by atoms with Crippen molar-refractivity contribution in [3.63, 3.8) is 0 Å². The molecule has 0 amide bonds. The molecule has 246 valence electrons.